The maximum absolute atomic E-state index is 4.80. The molecule has 1 aromatic heterocycles. The molecule has 0 saturated carbocycles. The molecule has 0 radical (unpaired) electrons. The number of hydrogen-bond donors (Lipinski definition) is 0. The average molecular weight is 560 g/mol. The number of hydrogen-bond acceptors (Lipinski definition) is 0. The van der Waals surface area contributed by atoms with Gasteiger partial charge < -0.3 is 0 Å². The van der Waals surface area contributed by atoms with Gasteiger partial charge in [0, 0.05) is 5.57 Å². The standard InChI is InChI=1S/C41H39N2/c1-7-41(8-2)30(6)35-23-22-34(33-20-18-32(19-21-33)31-14-10-9-11-15-31)26-36(35)40-42(37-16-12-13-17-38(37)43(40)41)39-28(4)24-27(3)25-29(39)5/h9-26H,6-8H2,1-5H3/q+1. The van der Waals surface area contributed by atoms with Crippen LogP contribution in [0.5, 0.6) is 0 Å². The number of aryl methyl sites for hydroxylation is 3. The lowest BCUT2D eigenvalue weighted by atomic mass is 9.76. The van der Waals surface area contributed by atoms with Crippen LogP contribution in [0.4, 0.5) is 0 Å². The summed E-state index contributed by atoms with van der Waals surface area (Å²) in [5.41, 5.74) is 16.0. The molecule has 2 heteroatoms. The molecule has 0 N–H and O–H groups in total. The van der Waals surface area contributed by atoms with Crippen molar-refractivity contribution in [1.29, 1.82) is 0 Å². The van der Waals surface area contributed by atoms with Crippen LogP contribution in [0.2, 0.25) is 0 Å². The Morgan fingerprint density at radius 3 is 1.84 bits per heavy atom. The highest BCUT2D eigenvalue weighted by atomic mass is 15.2. The Balaban J connectivity index is 1.53. The predicted molar refractivity (Wildman–Crippen MR) is 182 cm³/mol. The Kier molecular flexibility index (Phi) is 6.47. The van der Waals surface area contributed by atoms with E-state index in [4.69, 9.17) is 6.58 Å². The van der Waals surface area contributed by atoms with E-state index in [1.54, 1.807) is 0 Å². The van der Waals surface area contributed by atoms with Crippen molar-refractivity contribution in [1.82, 2.24) is 4.57 Å². The van der Waals surface area contributed by atoms with Crippen LogP contribution in [0.1, 0.15) is 48.9 Å². The molecule has 5 aromatic carbocycles. The second kappa shape index (κ2) is 10.2. The Morgan fingerprint density at radius 2 is 1.19 bits per heavy atom. The van der Waals surface area contributed by atoms with Gasteiger partial charge in [0.2, 0.25) is 0 Å². The fourth-order valence-corrected chi connectivity index (χ4v) is 7.63. The van der Waals surface area contributed by atoms with Crippen LogP contribution in [0, 0.1) is 20.8 Å². The molecule has 0 unspecified atom stereocenters. The molecule has 7 rings (SSSR count). The van der Waals surface area contributed by atoms with Gasteiger partial charge in [-0.3, -0.25) is 0 Å². The highest BCUT2D eigenvalue weighted by molar-refractivity contribution is 5.90. The number of imidazole rings is 1. The molecular weight excluding hydrogens is 520 g/mol. The third-order valence-electron chi connectivity index (χ3n) is 9.72. The molecular formula is C41H39N2+. The summed E-state index contributed by atoms with van der Waals surface area (Å²) in [7, 11) is 0. The van der Waals surface area contributed by atoms with Crippen molar-refractivity contribution in [2.75, 3.05) is 0 Å². The lowest BCUT2D eigenvalue weighted by Gasteiger charge is -2.37. The number of allylic oxidation sites excluding steroid dienone is 1. The fraction of sp³-hybridized carbons (Fsp3) is 0.195. The van der Waals surface area contributed by atoms with E-state index >= 15 is 0 Å². The summed E-state index contributed by atoms with van der Waals surface area (Å²) in [6.45, 7) is 16.1. The monoisotopic (exact) mass is 559 g/mol. The first-order valence-electron chi connectivity index (χ1n) is 15.5. The largest absolute Gasteiger partial charge is 0.296 e. The molecule has 6 aromatic rings. The summed E-state index contributed by atoms with van der Waals surface area (Å²) >= 11 is 0. The molecule has 0 saturated heterocycles. The summed E-state index contributed by atoms with van der Waals surface area (Å²) in [4.78, 5) is 0. The molecule has 2 nitrogen and oxygen atoms in total. The van der Waals surface area contributed by atoms with Gasteiger partial charge in [0.25, 0.3) is 5.82 Å². The summed E-state index contributed by atoms with van der Waals surface area (Å²) in [5, 5.41) is 0. The summed E-state index contributed by atoms with van der Waals surface area (Å²) in [6, 6.07) is 40.1. The SMILES string of the molecule is C=C1c2ccc(-c3ccc(-c4ccccc4)cc3)cc2-c2n(-c3c(C)cc(C)cc3C)c3ccccc3[n+]2C1(CC)CC. The highest BCUT2D eigenvalue weighted by Crippen LogP contribution is 2.47. The number of fused-ring (bicyclic) bond motifs is 5. The zero-order valence-corrected chi connectivity index (χ0v) is 25.9. The van der Waals surface area contributed by atoms with E-state index in [0.29, 0.717) is 0 Å². The van der Waals surface area contributed by atoms with Crippen LogP contribution in [-0.2, 0) is 5.54 Å². The molecule has 212 valence electrons. The van der Waals surface area contributed by atoms with Gasteiger partial charge in [-0.05, 0) is 90.8 Å². The van der Waals surface area contributed by atoms with E-state index in [9.17, 15) is 0 Å². The van der Waals surface area contributed by atoms with E-state index in [0.717, 1.165) is 12.8 Å². The number of aromatic nitrogens is 2. The Morgan fingerprint density at radius 1 is 0.628 bits per heavy atom. The molecule has 0 bridgehead atoms. The van der Waals surface area contributed by atoms with E-state index in [1.165, 1.54) is 78.2 Å². The van der Waals surface area contributed by atoms with Gasteiger partial charge in [-0.2, -0.15) is 4.57 Å². The average Bonchev–Trinajstić information content (AvgIpc) is 3.37. The molecule has 0 amide bonds. The molecule has 0 atom stereocenters. The Bertz CT molecular complexity index is 2000. The van der Waals surface area contributed by atoms with Crippen molar-refractivity contribution in [2.24, 2.45) is 0 Å². The van der Waals surface area contributed by atoms with Crippen LogP contribution in [0.15, 0.2) is 116 Å². The second-order valence-corrected chi connectivity index (χ2v) is 12.2. The normalized spacial score (nSPS) is 13.7. The van der Waals surface area contributed by atoms with Crippen molar-refractivity contribution >= 4 is 16.6 Å². The highest BCUT2D eigenvalue weighted by Gasteiger charge is 2.48. The zero-order chi connectivity index (χ0) is 29.9. The number of nitrogens with zero attached hydrogens (tertiary/aromatic N) is 2. The zero-order valence-electron chi connectivity index (χ0n) is 25.9. The van der Waals surface area contributed by atoms with Crippen LogP contribution in [0.25, 0.3) is 55.9 Å². The molecule has 0 fully saturated rings. The minimum absolute atomic E-state index is 0.210. The minimum atomic E-state index is -0.210. The van der Waals surface area contributed by atoms with E-state index < -0.39 is 0 Å². The predicted octanol–water partition coefficient (Wildman–Crippen LogP) is 10.4. The smallest absolute Gasteiger partial charge is 0.213 e. The van der Waals surface area contributed by atoms with Gasteiger partial charge in [0.1, 0.15) is 11.2 Å². The fourth-order valence-electron chi connectivity index (χ4n) is 7.63. The molecule has 1 aliphatic rings. The molecule has 43 heavy (non-hydrogen) atoms. The number of para-hydroxylation sites is 2. The second-order valence-electron chi connectivity index (χ2n) is 12.2. The lowest BCUT2D eigenvalue weighted by Crippen LogP contribution is -2.59. The van der Waals surface area contributed by atoms with Gasteiger partial charge >= 0.3 is 0 Å². The molecule has 0 spiro atoms. The van der Waals surface area contributed by atoms with Crippen LogP contribution in [0.3, 0.4) is 0 Å². The van der Waals surface area contributed by atoms with E-state index in [-0.39, 0.29) is 5.54 Å². The van der Waals surface area contributed by atoms with Gasteiger partial charge in [-0.15, -0.1) is 0 Å². The van der Waals surface area contributed by atoms with E-state index in [1.807, 2.05) is 0 Å². The van der Waals surface area contributed by atoms with Crippen LogP contribution in [-0.4, -0.2) is 4.57 Å². The third-order valence-corrected chi connectivity index (χ3v) is 9.72. The summed E-state index contributed by atoms with van der Waals surface area (Å²) < 4.78 is 5.15. The first-order chi connectivity index (χ1) is 20.9. The maximum Gasteiger partial charge on any atom is 0.296 e. The van der Waals surface area contributed by atoms with Crippen molar-refractivity contribution < 1.29 is 4.57 Å². The third kappa shape index (κ3) is 4.04. The molecule has 1 aliphatic heterocycles. The van der Waals surface area contributed by atoms with Crippen LogP contribution >= 0.6 is 0 Å². The molecule has 2 heterocycles. The quantitative estimate of drug-likeness (QED) is 0.186. The van der Waals surface area contributed by atoms with Crippen LogP contribution < -0.4 is 4.57 Å². The summed E-state index contributed by atoms with van der Waals surface area (Å²) in [6.07, 6.45) is 1.95. The number of benzene rings is 5. The van der Waals surface area contributed by atoms with Gasteiger partial charge in [-0.1, -0.05) is 117 Å². The van der Waals surface area contributed by atoms with Crippen molar-refractivity contribution in [2.45, 2.75) is 53.0 Å². The minimum Gasteiger partial charge on any atom is -0.213 e. The first-order valence-corrected chi connectivity index (χ1v) is 15.5. The maximum atomic E-state index is 4.80. The van der Waals surface area contributed by atoms with E-state index in [2.05, 4.69) is 153 Å². The van der Waals surface area contributed by atoms with Crippen molar-refractivity contribution in [3.05, 3.63) is 138 Å². The van der Waals surface area contributed by atoms with Gasteiger partial charge in [0.15, 0.2) is 11.0 Å². The van der Waals surface area contributed by atoms with Gasteiger partial charge in [0.05, 0.1) is 5.56 Å². The van der Waals surface area contributed by atoms with Crippen molar-refractivity contribution in [3.63, 3.8) is 0 Å². The first kappa shape index (κ1) is 27.2. The summed E-state index contributed by atoms with van der Waals surface area (Å²) in [5.74, 6) is 1.24. The molecule has 0 aliphatic carbocycles. The van der Waals surface area contributed by atoms with Crippen molar-refractivity contribution in [3.8, 4) is 39.3 Å². The topological polar surface area (TPSA) is 8.81 Å². The lowest BCUT2D eigenvalue weighted by molar-refractivity contribution is -0.718. The Labute approximate surface area is 255 Å². The number of rotatable bonds is 5. The van der Waals surface area contributed by atoms with Gasteiger partial charge in [-0.25, -0.2) is 4.57 Å². The Hall–Kier alpha value is -4.69.